The van der Waals surface area contributed by atoms with Gasteiger partial charge in [0.2, 0.25) is 5.01 Å². The minimum atomic E-state index is -0.324. The van der Waals surface area contributed by atoms with Crippen molar-refractivity contribution in [1.82, 2.24) is 15.5 Å². The Morgan fingerprint density at radius 1 is 1.04 bits per heavy atom. The number of nitrogens with zero attached hydrogens (tertiary/aromatic N) is 2. The largest absolute Gasteiger partial charge is 0.346 e. The summed E-state index contributed by atoms with van der Waals surface area (Å²) in [6.45, 7) is 3.98. The van der Waals surface area contributed by atoms with Crippen molar-refractivity contribution in [2.75, 3.05) is 5.32 Å². The third kappa shape index (κ3) is 5.01. The van der Waals surface area contributed by atoms with E-state index in [2.05, 4.69) is 27.8 Å². The summed E-state index contributed by atoms with van der Waals surface area (Å²) in [7, 11) is 0. The van der Waals surface area contributed by atoms with Crippen molar-refractivity contribution in [1.29, 1.82) is 0 Å². The first-order valence-electron chi connectivity index (χ1n) is 9.16. The molecule has 144 valence electrons. The van der Waals surface area contributed by atoms with Gasteiger partial charge < -0.3 is 10.6 Å². The number of carbonyl (C=O) groups excluding carboxylic acids is 2. The highest BCUT2D eigenvalue weighted by atomic mass is 32.1. The van der Waals surface area contributed by atoms with Crippen molar-refractivity contribution in [2.24, 2.45) is 0 Å². The maximum absolute atomic E-state index is 12.6. The topological polar surface area (TPSA) is 84.0 Å². The first kappa shape index (κ1) is 19.7. The molecule has 1 atom stereocenters. The van der Waals surface area contributed by atoms with Crippen LogP contribution in [-0.4, -0.2) is 22.0 Å². The second-order valence-electron chi connectivity index (χ2n) is 6.39. The number of aryl methyl sites for hydroxylation is 1. The minimum absolute atomic E-state index is 0.120. The van der Waals surface area contributed by atoms with Crippen LogP contribution in [0.1, 0.15) is 57.0 Å². The molecule has 1 unspecified atom stereocenters. The highest BCUT2D eigenvalue weighted by Gasteiger charge is 2.15. The molecule has 0 aliphatic rings. The standard InChI is InChI=1S/C21H22N4O2S/c1-3-8-18-24-25-21(28-18)20(27)23-17-12-7-11-16(13-17)19(26)22-14(2)15-9-5-4-6-10-15/h4-7,9-14H,3,8H2,1-2H3,(H,22,26)(H,23,27). The zero-order valence-corrected chi connectivity index (χ0v) is 16.6. The zero-order valence-electron chi connectivity index (χ0n) is 15.8. The van der Waals surface area contributed by atoms with E-state index in [0.29, 0.717) is 16.3 Å². The Morgan fingerprint density at radius 3 is 2.57 bits per heavy atom. The smallest absolute Gasteiger partial charge is 0.286 e. The average Bonchev–Trinajstić information content (AvgIpc) is 3.18. The molecule has 0 bridgehead atoms. The van der Waals surface area contributed by atoms with Gasteiger partial charge >= 0.3 is 0 Å². The molecule has 0 aliphatic carbocycles. The van der Waals surface area contributed by atoms with Gasteiger partial charge in [0.1, 0.15) is 5.01 Å². The number of nitrogens with one attached hydrogen (secondary N) is 2. The van der Waals surface area contributed by atoms with Gasteiger partial charge in [-0.25, -0.2) is 0 Å². The quantitative estimate of drug-likeness (QED) is 0.628. The Labute approximate surface area is 168 Å². The van der Waals surface area contributed by atoms with Crippen LogP contribution >= 0.6 is 11.3 Å². The first-order chi connectivity index (χ1) is 13.6. The molecule has 0 saturated carbocycles. The van der Waals surface area contributed by atoms with Gasteiger partial charge in [0.25, 0.3) is 11.8 Å². The van der Waals surface area contributed by atoms with Gasteiger partial charge in [-0.1, -0.05) is 54.7 Å². The first-order valence-corrected chi connectivity index (χ1v) is 9.98. The third-order valence-electron chi connectivity index (χ3n) is 4.15. The van der Waals surface area contributed by atoms with E-state index in [4.69, 9.17) is 0 Å². The van der Waals surface area contributed by atoms with Crippen LogP contribution in [0, 0.1) is 0 Å². The highest BCUT2D eigenvalue weighted by molar-refractivity contribution is 7.13. The molecule has 2 aromatic carbocycles. The van der Waals surface area contributed by atoms with Gasteiger partial charge in [0.15, 0.2) is 0 Å². The lowest BCUT2D eigenvalue weighted by Crippen LogP contribution is -2.26. The molecule has 2 N–H and O–H groups in total. The van der Waals surface area contributed by atoms with Gasteiger partial charge in [0.05, 0.1) is 6.04 Å². The molecule has 3 aromatic rings. The van der Waals surface area contributed by atoms with Gasteiger partial charge in [0, 0.05) is 17.7 Å². The summed E-state index contributed by atoms with van der Waals surface area (Å²) >= 11 is 1.29. The van der Waals surface area contributed by atoms with E-state index in [1.165, 1.54) is 11.3 Å². The number of benzene rings is 2. The fourth-order valence-corrected chi connectivity index (χ4v) is 3.52. The second kappa shape index (κ2) is 9.23. The summed E-state index contributed by atoms with van der Waals surface area (Å²) in [5, 5.41) is 14.9. The number of hydrogen-bond donors (Lipinski definition) is 2. The van der Waals surface area contributed by atoms with Crippen molar-refractivity contribution in [2.45, 2.75) is 32.7 Å². The lowest BCUT2D eigenvalue weighted by Gasteiger charge is -2.14. The molecule has 28 heavy (non-hydrogen) atoms. The van der Waals surface area contributed by atoms with Crippen LogP contribution in [0.25, 0.3) is 0 Å². The lowest BCUT2D eigenvalue weighted by atomic mass is 10.1. The predicted molar refractivity (Wildman–Crippen MR) is 111 cm³/mol. The molecule has 3 rings (SSSR count). The van der Waals surface area contributed by atoms with E-state index in [1.807, 2.05) is 37.3 Å². The van der Waals surface area contributed by atoms with E-state index in [1.54, 1.807) is 24.3 Å². The number of aromatic nitrogens is 2. The summed E-state index contributed by atoms with van der Waals surface area (Å²) < 4.78 is 0. The summed E-state index contributed by atoms with van der Waals surface area (Å²) in [6, 6.07) is 16.5. The molecule has 0 spiro atoms. The van der Waals surface area contributed by atoms with Crippen LogP contribution < -0.4 is 10.6 Å². The molecule has 6 nitrogen and oxygen atoms in total. The Morgan fingerprint density at radius 2 is 1.82 bits per heavy atom. The maximum atomic E-state index is 12.6. The summed E-state index contributed by atoms with van der Waals surface area (Å²) in [5.41, 5.74) is 2.04. The summed E-state index contributed by atoms with van der Waals surface area (Å²) in [4.78, 5) is 24.9. The minimum Gasteiger partial charge on any atom is -0.346 e. The van der Waals surface area contributed by atoms with Crippen LogP contribution in [0.5, 0.6) is 0 Å². The van der Waals surface area contributed by atoms with E-state index in [9.17, 15) is 9.59 Å². The van der Waals surface area contributed by atoms with Crippen LogP contribution in [0.3, 0.4) is 0 Å². The maximum Gasteiger partial charge on any atom is 0.286 e. The molecule has 7 heteroatoms. The normalized spacial score (nSPS) is 11.6. The van der Waals surface area contributed by atoms with Crippen molar-refractivity contribution >= 4 is 28.8 Å². The van der Waals surface area contributed by atoms with Crippen molar-refractivity contribution < 1.29 is 9.59 Å². The number of carbonyl (C=O) groups is 2. The molecule has 0 saturated heterocycles. The average molecular weight is 395 g/mol. The van der Waals surface area contributed by atoms with Crippen LogP contribution in [0.2, 0.25) is 0 Å². The fraction of sp³-hybridized carbons (Fsp3) is 0.238. The summed E-state index contributed by atoms with van der Waals surface area (Å²) in [6.07, 6.45) is 1.76. The fourth-order valence-electron chi connectivity index (χ4n) is 2.69. The van der Waals surface area contributed by atoms with Gasteiger partial charge in [-0.15, -0.1) is 10.2 Å². The van der Waals surface area contributed by atoms with Gasteiger partial charge in [-0.2, -0.15) is 0 Å². The second-order valence-corrected chi connectivity index (χ2v) is 7.45. The Hall–Kier alpha value is -3.06. The molecule has 1 aromatic heterocycles. The number of hydrogen-bond acceptors (Lipinski definition) is 5. The molecule has 2 amide bonds. The SMILES string of the molecule is CCCc1nnc(C(=O)Nc2cccc(C(=O)NC(C)c3ccccc3)c2)s1. The number of amides is 2. The molecule has 0 fully saturated rings. The Bertz CT molecular complexity index is 956. The molecular weight excluding hydrogens is 372 g/mol. The number of anilines is 1. The van der Waals surface area contributed by atoms with Crippen LogP contribution in [-0.2, 0) is 6.42 Å². The molecule has 0 radical (unpaired) electrons. The zero-order chi connectivity index (χ0) is 19.9. The van der Waals surface area contributed by atoms with Gasteiger partial charge in [-0.3, -0.25) is 9.59 Å². The monoisotopic (exact) mass is 394 g/mol. The van der Waals surface area contributed by atoms with Crippen molar-refractivity contribution in [3.8, 4) is 0 Å². The summed E-state index contributed by atoms with van der Waals surface area (Å²) in [5.74, 6) is -0.524. The van der Waals surface area contributed by atoms with E-state index >= 15 is 0 Å². The van der Waals surface area contributed by atoms with Gasteiger partial charge in [-0.05, 0) is 37.1 Å². The lowest BCUT2D eigenvalue weighted by molar-refractivity contribution is 0.0938. The highest BCUT2D eigenvalue weighted by Crippen LogP contribution is 2.17. The molecular formula is C21H22N4O2S. The van der Waals surface area contributed by atoms with E-state index in [-0.39, 0.29) is 17.9 Å². The molecule has 0 aliphatic heterocycles. The number of rotatable bonds is 7. The van der Waals surface area contributed by atoms with Crippen molar-refractivity contribution in [3.05, 3.63) is 75.7 Å². The Kier molecular flexibility index (Phi) is 6.49. The van der Waals surface area contributed by atoms with Crippen LogP contribution in [0.4, 0.5) is 5.69 Å². The third-order valence-corrected chi connectivity index (χ3v) is 5.14. The molecule has 1 heterocycles. The van der Waals surface area contributed by atoms with Crippen LogP contribution in [0.15, 0.2) is 54.6 Å². The predicted octanol–water partition coefficient (Wildman–Crippen LogP) is 4.23. The van der Waals surface area contributed by atoms with E-state index < -0.39 is 0 Å². The van der Waals surface area contributed by atoms with Crippen molar-refractivity contribution in [3.63, 3.8) is 0 Å². The van der Waals surface area contributed by atoms with E-state index in [0.717, 1.165) is 23.4 Å². The Balaban J connectivity index is 1.65.